The van der Waals surface area contributed by atoms with Crippen molar-refractivity contribution in [3.63, 3.8) is 0 Å². The van der Waals surface area contributed by atoms with Crippen molar-refractivity contribution in [3.05, 3.63) is 29.1 Å². The van der Waals surface area contributed by atoms with Crippen LogP contribution in [-0.4, -0.2) is 10.5 Å². The minimum Gasteiger partial charge on any atom is -0.325 e. The Morgan fingerprint density at radius 3 is 2.81 bits per heavy atom. The third kappa shape index (κ3) is 1.99. The predicted molar refractivity (Wildman–Crippen MR) is 65.4 cm³/mol. The maximum atomic E-state index is 6.15. The van der Waals surface area contributed by atoms with Crippen LogP contribution in [0.3, 0.4) is 0 Å². The summed E-state index contributed by atoms with van der Waals surface area (Å²) in [5.74, 6) is 0. The number of nitrogens with two attached hydrogens (primary N) is 1. The molecule has 0 aromatic carbocycles. The lowest BCUT2D eigenvalue weighted by Gasteiger charge is -2.19. The molecule has 0 aliphatic heterocycles. The van der Waals surface area contributed by atoms with E-state index in [0.29, 0.717) is 0 Å². The second-order valence-electron chi connectivity index (χ2n) is 5.51. The van der Waals surface area contributed by atoms with Crippen LogP contribution in [0.5, 0.6) is 0 Å². The van der Waals surface area contributed by atoms with Crippen LogP contribution in [0.15, 0.2) is 12.4 Å². The number of hydrogen-bond donors (Lipinski definition) is 1. The standard InChI is InChI=1S/C14H20N2/c15-14(7-8-14)6-5-12-10-16-9-11-3-1-2-4-13(11)12/h9-10H,1-8,15H2. The number of rotatable bonds is 3. The zero-order chi connectivity index (χ0) is 11.0. The average Bonchev–Trinajstić information content (AvgIpc) is 3.05. The van der Waals surface area contributed by atoms with Crippen molar-refractivity contribution in [2.24, 2.45) is 5.73 Å². The fraction of sp³-hybridized carbons (Fsp3) is 0.643. The molecule has 0 saturated heterocycles. The summed E-state index contributed by atoms with van der Waals surface area (Å²) in [4.78, 5) is 4.38. The fourth-order valence-electron chi connectivity index (χ4n) is 2.74. The van der Waals surface area contributed by atoms with Crippen molar-refractivity contribution in [1.82, 2.24) is 4.98 Å². The minimum atomic E-state index is 0.178. The maximum absolute atomic E-state index is 6.15. The number of aromatic nitrogens is 1. The van der Waals surface area contributed by atoms with Crippen LogP contribution < -0.4 is 5.73 Å². The van der Waals surface area contributed by atoms with Gasteiger partial charge >= 0.3 is 0 Å². The Morgan fingerprint density at radius 2 is 2.00 bits per heavy atom. The molecule has 3 rings (SSSR count). The van der Waals surface area contributed by atoms with Crippen LogP contribution in [0, 0.1) is 0 Å². The van der Waals surface area contributed by atoms with Gasteiger partial charge in [-0.15, -0.1) is 0 Å². The van der Waals surface area contributed by atoms with E-state index in [1.54, 1.807) is 5.56 Å². The molecule has 2 aliphatic rings. The third-order valence-corrected chi connectivity index (χ3v) is 4.14. The molecule has 1 saturated carbocycles. The van der Waals surface area contributed by atoms with Crippen molar-refractivity contribution in [1.29, 1.82) is 0 Å². The van der Waals surface area contributed by atoms with Crippen molar-refractivity contribution in [2.75, 3.05) is 0 Å². The Balaban J connectivity index is 1.78. The largest absolute Gasteiger partial charge is 0.325 e. The summed E-state index contributed by atoms with van der Waals surface area (Å²) >= 11 is 0. The van der Waals surface area contributed by atoms with E-state index < -0.39 is 0 Å². The normalized spacial score (nSPS) is 21.6. The van der Waals surface area contributed by atoms with Crippen LogP contribution in [0.4, 0.5) is 0 Å². The lowest BCUT2D eigenvalue weighted by Crippen LogP contribution is -2.22. The van der Waals surface area contributed by atoms with Crippen LogP contribution >= 0.6 is 0 Å². The molecule has 0 amide bonds. The second kappa shape index (κ2) is 3.85. The van der Waals surface area contributed by atoms with Crippen molar-refractivity contribution in [2.45, 2.75) is 56.9 Å². The molecule has 2 heteroatoms. The highest BCUT2D eigenvalue weighted by Gasteiger charge is 2.37. The molecule has 0 radical (unpaired) electrons. The molecule has 0 bridgehead atoms. The Labute approximate surface area is 97.3 Å². The van der Waals surface area contributed by atoms with Crippen LogP contribution in [0.2, 0.25) is 0 Å². The predicted octanol–water partition coefficient (Wildman–Crippen LogP) is 2.38. The van der Waals surface area contributed by atoms with E-state index in [-0.39, 0.29) is 5.54 Å². The van der Waals surface area contributed by atoms with Gasteiger partial charge in [-0.1, -0.05) is 0 Å². The molecule has 2 N–H and O–H groups in total. The molecule has 0 unspecified atom stereocenters. The van der Waals surface area contributed by atoms with E-state index in [4.69, 9.17) is 5.73 Å². The van der Waals surface area contributed by atoms with Crippen molar-refractivity contribution < 1.29 is 0 Å². The number of hydrogen-bond acceptors (Lipinski definition) is 2. The van der Waals surface area contributed by atoms with E-state index in [1.807, 2.05) is 0 Å². The summed E-state index contributed by atoms with van der Waals surface area (Å²) < 4.78 is 0. The zero-order valence-corrected chi connectivity index (χ0v) is 9.84. The number of fused-ring (bicyclic) bond motifs is 1. The molecule has 1 fully saturated rings. The van der Waals surface area contributed by atoms with E-state index in [0.717, 1.165) is 12.8 Å². The quantitative estimate of drug-likeness (QED) is 0.842. The summed E-state index contributed by atoms with van der Waals surface area (Å²) in [7, 11) is 0. The SMILES string of the molecule is NC1(CCc2cncc3c2CCCC3)CC1. The number of pyridine rings is 1. The van der Waals surface area contributed by atoms with Gasteiger partial charge in [0.15, 0.2) is 0 Å². The van der Waals surface area contributed by atoms with Gasteiger partial charge in [0.25, 0.3) is 0 Å². The van der Waals surface area contributed by atoms with Gasteiger partial charge in [0.2, 0.25) is 0 Å². The van der Waals surface area contributed by atoms with Gasteiger partial charge in [-0.05, 0) is 68.1 Å². The minimum absolute atomic E-state index is 0.178. The topological polar surface area (TPSA) is 38.9 Å². The van der Waals surface area contributed by atoms with Gasteiger partial charge in [-0.25, -0.2) is 0 Å². The average molecular weight is 216 g/mol. The van der Waals surface area contributed by atoms with Gasteiger partial charge in [0.05, 0.1) is 0 Å². The Morgan fingerprint density at radius 1 is 1.19 bits per heavy atom. The monoisotopic (exact) mass is 216 g/mol. The highest BCUT2D eigenvalue weighted by atomic mass is 14.8. The van der Waals surface area contributed by atoms with E-state index in [2.05, 4.69) is 17.4 Å². The molecule has 2 aliphatic carbocycles. The first-order valence-corrected chi connectivity index (χ1v) is 6.50. The second-order valence-corrected chi connectivity index (χ2v) is 5.51. The van der Waals surface area contributed by atoms with Gasteiger partial charge in [-0.2, -0.15) is 0 Å². The molecule has 16 heavy (non-hydrogen) atoms. The number of nitrogens with zero attached hydrogens (tertiary/aromatic N) is 1. The van der Waals surface area contributed by atoms with Crippen LogP contribution in [0.1, 0.15) is 48.8 Å². The molecule has 2 nitrogen and oxygen atoms in total. The molecule has 1 heterocycles. The van der Waals surface area contributed by atoms with Crippen molar-refractivity contribution in [3.8, 4) is 0 Å². The Bertz CT molecular complexity index is 394. The van der Waals surface area contributed by atoms with Gasteiger partial charge < -0.3 is 5.73 Å². The number of aryl methyl sites for hydroxylation is 2. The molecular weight excluding hydrogens is 196 g/mol. The maximum Gasteiger partial charge on any atom is 0.0302 e. The molecule has 0 spiro atoms. The van der Waals surface area contributed by atoms with Crippen molar-refractivity contribution >= 4 is 0 Å². The Kier molecular flexibility index (Phi) is 2.47. The zero-order valence-electron chi connectivity index (χ0n) is 9.84. The van der Waals surface area contributed by atoms with Crippen LogP contribution in [-0.2, 0) is 19.3 Å². The lowest BCUT2D eigenvalue weighted by molar-refractivity contribution is 0.599. The third-order valence-electron chi connectivity index (χ3n) is 4.14. The first-order chi connectivity index (χ1) is 7.77. The highest BCUT2D eigenvalue weighted by Crippen LogP contribution is 2.37. The molecule has 0 atom stereocenters. The van der Waals surface area contributed by atoms with Gasteiger partial charge in [0, 0.05) is 17.9 Å². The van der Waals surface area contributed by atoms with E-state index in [9.17, 15) is 0 Å². The summed E-state index contributed by atoms with van der Waals surface area (Å²) in [6, 6.07) is 0. The summed E-state index contributed by atoms with van der Waals surface area (Å²) in [6.45, 7) is 0. The molecule has 1 aromatic rings. The van der Waals surface area contributed by atoms with Crippen LogP contribution in [0.25, 0.3) is 0 Å². The highest BCUT2D eigenvalue weighted by molar-refractivity contribution is 5.34. The fourth-order valence-corrected chi connectivity index (χ4v) is 2.74. The summed E-state index contributed by atoms with van der Waals surface area (Å²) in [5.41, 5.74) is 10.9. The van der Waals surface area contributed by atoms with E-state index in [1.165, 1.54) is 49.7 Å². The van der Waals surface area contributed by atoms with Gasteiger partial charge in [0.1, 0.15) is 0 Å². The first kappa shape index (κ1) is 10.3. The summed E-state index contributed by atoms with van der Waals surface area (Å²) in [5, 5.41) is 0. The molecule has 1 aromatic heterocycles. The Hall–Kier alpha value is -0.890. The summed E-state index contributed by atoms with van der Waals surface area (Å²) in [6.07, 6.45) is 14.0. The lowest BCUT2D eigenvalue weighted by atomic mass is 9.88. The van der Waals surface area contributed by atoms with Gasteiger partial charge in [-0.3, -0.25) is 4.98 Å². The molecule has 86 valence electrons. The first-order valence-electron chi connectivity index (χ1n) is 6.50. The smallest absolute Gasteiger partial charge is 0.0302 e. The molecular formula is C14H20N2. The van der Waals surface area contributed by atoms with E-state index >= 15 is 0 Å².